The molecule has 0 bridgehead atoms. The summed E-state index contributed by atoms with van der Waals surface area (Å²) in [6.07, 6.45) is 5.61. The Balaban J connectivity index is 1.58. The molecule has 2 atom stereocenters. The third kappa shape index (κ3) is 3.38. The van der Waals surface area contributed by atoms with Gasteiger partial charge in [-0.25, -0.2) is 0 Å². The minimum absolute atomic E-state index is 0.00321. The molecule has 118 valence electrons. The molecular weight excluding hydrogens is 278 g/mol. The molecular formula is C18H23NO3. The molecule has 4 heteroatoms. The molecule has 0 N–H and O–H groups in total. The van der Waals surface area contributed by atoms with Gasteiger partial charge in [0.25, 0.3) is 0 Å². The SMILES string of the molecule is O=C1CCC(=O)N1[C@@H]1CCCC[C@H]1OCCc1ccccc1. The molecule has 1 aliphatic heterocycles. The van der Waals surface area contributed by atoms with Crippen LogP contribution in [0.5, 0.6) is 0 Å². The third-order valence-electron chi connectivity index (χ3n) is 4.65. The van der Waals surface area contributed by atoms with Crippen LogP contribution in [0.25, 0.3) is 0 Å². The first kappa shape index (κ1) is 15.2. The summed E-state index contributed by atoms with van der Waals surface area (Å²) in [6.45, 7) is 0.640. The van der Waals surface area contributed by atoms with E-state index in [1.165, 1.54) is 10.5 Å². The Morgan fingerprint density at radius 1 is 1.00 bits per heavy atom. The Hall–Kier alpha value is -1.68. The van der Waals surface area contributed by atoms with E-state index in [2.05, 4.69) is 12.1 Å². The molecule has 0 radical (unpaired) electrons. The predicted molar refractivity (Wildman–Crippen MR) is 83.2 cm³/mol. The number of carbonyl (C=O) groups excluding carboxylic acids is 2. The van der Waals surface area contributed by atoms with Gasteiger partial charge in [-0.05, 0) is 24.8 Å². The summed E-state index contributed by atoms with van der Waals surface area (Å²) in [5.74, 6) is -0.0397. The fourth-order valence-electron chi connectivity index (χ4n) is 3.50. The minimum atomic E-state index is -0.0491. The molecule has 3 rings (SSSR count). The maximum atomic E-state index is 12.0. The highest BCUT2D eigenvalue weighted by Crippen LogP contribution is 2.29. The molecule has 0 unspecified atom stereocenters. The standard InChI is InChI=1S/C18H23NO3/c20-17-10-11-18(21)19(17)15-8-4-5-9-16(15)22-13-12-14-6-2-1-3-7-14/h1-3,6-7,15-16H,4-5,8-13H2/t15-,16-/m1/s1. The molecule has 1 saturated carbocycles. The zero-order valence-electron chi connectivity index (χ0n) is 12.9. The molecule has 1 aromatic rings. The quantitative estimate of drug-likeness (QED) is 0.786. The lowest BCUT2D eigenvalue weighted by molar-refractivity contribution is -0.147. The summed E-state index contributed by atoms with van der Waals surface area (Å²) in [5, 5.41) is 0. The third-order valence-corrected chi connectivity index (χ3v) is 4.65. The van der Waals surface area contributed by atoms with E-state index in [1.807, 2.05) is 18.2 Å². The summed E-state index contributed by atoms with van der Waals surface area (Å²) in [6, 6.07) is 10.2. The summed E-state index contributed by atoms with van der Waals surface area (Å²) < 4.78 is 6.06. The number of rotatable bonds is 5. The number of carbonyl (C=O) groups is 2. The van der Waals surface area contributed by atoms with Crippen molar-refractivity contribution in [2.24, 2.45) is 0 Å². The Bertz CT molecular complexity index is 512. The first-order valence-electron chi connectivity index (χ1n) is 8.26. The van der Waals surface area contributed by atoms with Crippen LogP contribution in [-0.4, -0.2) is 35.5 Å². The van der Waals surface area contributed by atoms with Crippen LogP contribution in [-0.2, 0) is 20.7 Å². The van der Waals surface area contributed by atoms with Crippen molar-refractivity contribution in [3.63, 3.8) is 0 Å². The number of imide groups is 1. The first-order valence-corrected chi connectivity index (χ1v) is 8.26. The second kappa shape index (κ2) is 7.05. The zero-order valence-corrected chi connectivity index (χ0v) is 12.9. The number of hydrogen-bond donors (Lipinski definition) is 0. The van der Waals surface area contributed by atoms with Crippen molar-refractivity contribution in [3.05, 3.63) is 35.9 Å². The van der Waals surface area contributed by atoms with Crippen LogP contribution >= 0.6 is 0 Å². The maximum Gasteiger partial charge on any atom is 0.230 e. The molecule has 2 fully saturated rings. The van der Waals surface area contributed by atoms with Gasteiger partial charge in [0.1, 0.15) is 0 Å². The van der Waals surface area contributed by atoms with Gasteiger partial charge in [0.2, 0.25) is 11.8 Å². The molecule has 0 spiro atoms. The number of ether oxygens (including phenoxy) is 1. The molecule has 1 aliphatic carbocycles. The van der Waals surface area contributed by atoms with E-state index in [1.54, 1.807) is 0 Å². The lowest BCUT2D eigenvalue weighted by Crippen LogP contribution is -2.49. The summed E-state index contributed by atoms with van der Waals surface area (Å²) in [7, 11) is 0. The second-order valence-electron chi connectivity index (χ2n) is 6.15. The number of benzene rings is 1. The smallest absolute Gasteiger partial charge is 0.230 e. The van der Waals surface area contributed by atoms with Gasteiger partial charge < -0.3 is 4.74 Å². The largest absolute Gasteiger partial charge is 0.376 e. The van der Waals surface area contributed by atoms with Crippen molar-refractivity contribution in [1.29, 1.82) is 0 Å². The summed E-state index contributed by atoms with van der Waals surface area (Å²) in [4.78, 5) is 25.4. The second-order valence-corrected chi connectivity index (χ2v) is 6.15. The highest BCUT2D eigenvalue weighted by molar-refractivity contribution is 6.02. The van der Waals surface area contributed by atoms with Crippen LogP contribution in [0, 0.1) is 0 Å². The topological polar surface area (TPSA) is 46.6 Å². The van der Waals surface area contributed by atoms with Crippen LogP contribution in [0.2, 0.25) is 0 Å². The van der Waals surface area contributed by atoms with Gasteiger partial charge in [-0.3, -0.25) is 14.5 Å². The molecule has 1 aromatic carbocycles. The van der Waals surface area contributed by atoms with Gasteiger partial charge in [-0.1, -0.05) is 43.2 Å². The zero-order chi connectivity index (χ0) is 15.4. The van der Waals surface area contributed by atoms with E-state index in [4.69, 9.17) is 4.74 Å². The molecule has 2 aliphatic rings. The predicted octanol–water partition coefficient (Wildman–Crippen LogP) is 2.71. The van der Waals surface area contributed by atoms with Crippen molar-refractivity contribution in [3.8, 4) is 0 Å². The lowest BCUT2D eigenvalue weighted by atomic mass is 9.91. The number of hydrogen-bond acceptors (Lipinski definition) is 3. The van der Waals surface area contributed by atoms with E-state index in [0.717, 1.165) is 32.1 Å². The number of nitrogens with zero attached hydrogens (tertiary/aromatic N) is 1. The minimum Gasteiger partial charge on any atom is -0.376 e. The van der Waals surface area contributed by atoms with Gasteiger partial charge in [0, 0.05) is 12.8 Å². The van der Waals surface area contributed by atoms with Gasteiger partial charge in [-0.15, -0.1) is 0 Å². The van der Waals surface area contributed by atoms with Crippen LogP contribution in [0.3, 0.4) is 0 Å². The van der Waals surface area contributed by atoms with Crippen molar-refractivity contribution in [1.82, 2.24) is 4.90 Å². The molecule has 1 saturated heterocycles. The van der Waals surface area contributed by atoms with E-state index >= 15 is 0 Å². The fraction of sp³-hybridized carbons (Fsp3) is 0.556. The number of amides is 2. The molecule has 4 nitrogen and oxygen atoms in total. The van der Waals surface area contributed by atoms with Gasteiger partial charge in [-0.2, -0.15) is 0 Å². The Morgan fingerprint density at radius 2 is 1.68 bits per heavy atom. The van der Waals surface area contributed by atoms with Crippen LogP contribution in [0.4, 0.5) is 0 Å². The molecule has 1 heterocycles. The maximum absolute atomic E-state index is 12.0. The normalized spacial score (nSPS) is 25.7. The highest BCUT2D eigenvalue weighted by atomic mass is 16.5. The van der Waals surface area contributed by atoms with Crippen LogP contribution in [0.1, 0.15) is 44.1 Å². The fourth-order valence-corrected chi connectivity index (χ4v) is 3.50. The average molecular weight is 301 g/mol. The average Bonchev–Trinajstić information content (AvgIpc) is 2.88. The molecule has 0 aromatic heterocycles. The van der Waals surface area contributed by atoms with E-state index < -0.39 is 0 Å². The lowest BCUT2D eigenvalue weighted by Gasteiger charge is -2.36. The van der Waals surface area contributed by atoms with E-state index in [-0.39, 0.29) is 24.0 Å². The highest BCUT2D eigenvalue weighted by Gasteiger charge is 2.40. The van der Waals surface area contributed by atoms with Crippen LogP contribution < -0.4 is 0 Å². The van der Waals surface area contributed by atoms with E-state index in [9.17, 15) is 9.59 Å². The first-order chi connectivity index (χ1) is 10.8. The van der Waals surface area contributed by atoms with Crippen molar-refractivity contribution in [2.75, 3.05) is 6.61 Å². The molecule has 22 heavy (non-hydrogen) atoms. The van der Waals surface area contributed by atoms with Crippen molar-refractivity contribution < 1.29 is 14.3 Å². The monoisotopic (exact) mass is 301 g/mol. The van der Waals surface area contributed by atoms with Crippen molar-refractivity contribution in [2.45, 2.75) is 57.1 Å². The Kier molecular flexibility index (Phi) is 4.88. The number of likely N-dealkylation sites (tertiary alicyclic amines) is 1. The summed E-state index contributed by atoms with van der Waals surface area (Å²) >= 11 is 0. The molecule has 2 amide bonds. The van der Waals surface area contributed by atoms with Gasteiger partial charge >= 0.3 is 0 Å². The van der Waals surface area contributed by atoms with Crippen LogP contribution in [0.15, 0.2) is 30.3 Å². The van der Waals surface area contributed by atoms with Gasteiger partial charge in [0.05, 0.1) is 18.8 Å². The van der Waals surface area contributed by atoms with E-state index in [0.29, 0.717) is 19.4 Å². The van der Waals surface area contributed by atoms with Crippen molar-refractivity contribution >= 4 is 11.8 Å². The Labute approximate surface area is 131 Å². The Morgan fingerprint density at radius 3 is 2.41 bits per heavy atom. The van der Waals surface area contributed by atoms with Gasteiger partial charge in [0.15, 0.2) is 0 Å². The summed E-state index contributed by atoms with van der Waals surface area (Å²) in [5.41, 5.74) is 1.25.